The lowest BCUT2D eigenvalue weighted by Gasteiger charge is -2.30. The Morgan fingerprint density at radius 1 is 1.04 bits per heavy atom. The molecule has 0 aliphatic carbocycles. The van der Waals surface area contributed by atoms with Gasteiger partial charge in [0.25, 0.3) is 0 Å². The third-order valence-corrected chi connectivity index (χ3v) is 5.85. The predicted octanol–water partition coefficient (Wildman–Crippen LogP) is 3.04. The van der Waals surface area contributed by atoms with E-state index in [-0.39, 0.29) is 0 Å². The second kappa shape index (κ2) is 13.9. The van der Waals surface area contributed by atoms with E-state index >= 15 is 0 Å². The van der Waals surface area contributed by atoms with Gasteiger partial charge in [-0.3, -0.25) is 4.90 Å². The monoisotopic (exact) mass is 386 g/mol. The van der Waals surface area contributed by atoms with Crippen molar-refractivity contribution in [3.05, 3.63) is 0 Å². The highest BCUT2D eigenvalue weighted by molar-refractivity contribution is 4.83. The van der Waals surface area contributed by atoms with Gasteiger partial charge in [-0.1, -0.05) is 52.9 Å². The Hall–Kier alpha value is -0.200. The van der Waals surface area contributed by atoms with Crippen molar-refractivity contribution in [3.8, 4) is 0 Å². The van der Waals surface area contributed by atoms with Crippen LogP contribution in [0.1, 0.15) is 72.6 Å². The average molecular weight is 387 g/mol. The fourth-order valence-corrected chi connectivity index (χ4v) is 3.71. The molecule has 1 aliphatic heterocycles. The van der Waals surface area contributed by atoms with Crippen molar-refractivity contribution >= 4 is 0 Å². The maximum absolute atomic E-state index is 10.6. The fraction of sp³-hybridized carbons (Fsp3) is 1.00. The summed E-state index contributed by atoms with van der Waals surface area (Å²) in [5, 5.41) is 24.2. The molecule has 27 heavy (non-hydrogen) atoms. The van der Waals surface area contributed by atoms with Gasteiger partial charge in [0.1, 0.15) is 0 Å². The molecule has 3 unspecified atom stereocenters. The first-order valence-corrected chi connectivity index (χ1v) is 11.2. The summed E-state index contributed by atoms with van der Waals surface area (Å²) in [4.78, 5) is 2.42. The normalized spacial score (nSPS) is 20.6. The Morgan fingerprint density at radius 2 is 1.70 bits per heavy atom. The summed E-state index contributed by atoms with van der Waals surface area (Å²) in [5.74, 6) is 1.49. The Bertz CT molecular complexity index is 357. The van der Waals surface area contributed by atoms with Crippen LogP contribution in [0.4, 0.5) is 0 Å². The maximum atomic E-state index is 10.6. The van der Waals surface area contributed by atoms with E-state index in [2.05, 4.69) is 31.0 Å². The highest BCUT2D eigenvalue weighted by Crippen LogP contribution is 2.22. The molecule has 162 valence electrons. The molecular formula is C22H46N2O3. The molecular weight excluding hydrogens is 340 g/mol. The first-order chi connectivity index (χ1) is 12.8. The van der Waals surface area contributed by atoms with Gasteiger partial charge in [0, 0.05) is 19.6 Å². The van der Waals surface area contributed by atoms with Gasteiger partial charge in [-0.25, -0.2) is 0 Å². The summed E-state index contributed by atoms with van der Waals surface area (Å²) in [6.07, 6.45) is 6.99. The SMILES string of the molecule is CC(C)CCCC(C)CCCC(C)(O)C(O)CNCCCN1CCOCC1. The van der Waals surface area contributed by atoms with E-state index in [0.29, 0.717) is 18.9 Å². The number of hydrogen-bond donors (Lipinski definition) is 3. The molecule has 1 aliphatic rings. The molecule has 0 aromatic carbocycles. The molecule has 0 bridgehead atoms. The quantitative estimate of drug-likeness (QED) is 0.378. The van der Waals surface area contributed by atoms with Crippen molar-refractivity contribution in [2.75, 3.05) is 45.9 Å². The van der Waals surface area contributed by atoms with Crippen molar-refractivity contribution in [1.29, 1.82) is 0 Å². The number of nitrogens with zero attached hydrogens (tertiary/aromatic N) is 1. The Morgan fingerprint density at radius 3 is 2.37 bits per heavy atom. The zero-order valence-corrected chi connectivity index (χ0v) is 18.4. The average Bonchev–Trinajstić information content (AvgIpc) is 2.61. The van der Waals surface area contributed by atoms with E-state index in [9.17, 15) is 10.2 Å². The molecule has 0 spiro atoms. The number of rotatable bonds is 15. The molecule has 0 radical (unpaired) electrons. The van der Waals surface area contributed by atoms with Crippen LogP contribution in [0.25, 0.3) is 0 Å². The van der Waals surface area contributed by atoms with Gasteiger partial charge in [0.15, 0.2) is 0 Å². The minimum atomic E-state index is -1.01. The van der Waals surface area contributed by atoms with Crippen molar-refractivity contribution < 1.29 is 14.9 Å². The molecule has 0 saturated carbocycles. The minimum absolute atomic E-state index is 0.458. The van der Waals surface area contributed by atoms with Crippen molar-refractivity contribution in [3.63, 3.8) is 0 Å². The van der Waals surface area contributed by atoms with Crippen LogP contribution in [0.3, 0.4) is 0 Å². The number of nitrogens with one attached hydrogen (secondary N) is 1. The predicted molar refractivity (Wildman–Crippen MR) is 113 cm³/mol. The summed E-state index contributed by atoms with van der Waals surface area (Å²) in [6.45, 7) is 14.8. The number of morpholine rings is 1. The van der Waals surface area contributed by atoms with Gasteiger partial charge >= 0.3 is 0 Å². The molecule has 0 aromatic heterocycles. The smallest absolute Gasteiger partial charge is 0.0948 e. The molecule has 1 fully saturated rings. The van der Waals surface area contributed by atoms with Gasteiger partial charge in [-0.15, -0.1) is 0 Å². The molecule has 5 nitrogen and oxygen atoms in total. The van der Waals surface area contributed by atoms with E-state index in [4.69, 9.17) is 4.74 Å². The summed E-state index contributed by atoms with van der Waals surface area (Å²) in [6, 6.07) is 0. The standard InChI is InChI=1S/C22H46N2O3/c1-19(2)8-5-9-20(3)10-6-11-22(4,26)21(25)18-23-12-7-13-24-14-16-27-17-15-24/h19-21,23,25-26H,5-18H2,1-4H3. The highest BCUT2D eigenvalue weighted by atomic mass is 16.5. The summed E-state index contributed by atoms with van der Waals surface area (Å²) >= 11 is 0. The van der Waals surface area contributed by atoms with Gasteiger partial charge < -0.3 is 20.3 Å². The lowest BCUT2D eigenvalue weighted by Crippen LogP contribution is -2.46. The van der Waals surface area contributed by atoms with Crippen molar-refractivity contribution in [1.82, 2.24) is 10.2 Å². The van der Waals surface area contributed by atoms with Gasteiger partial charge in [0.05, 0.1) is 24.9 Å². The summed E-state index contributed by atoms with van der Waals surface area (Å²) < 4.78 is 5.35. The van der Waals surface area contributed by atoms with Crippen LogP contribution >= 0.6 is 0 Å². The van der Waals surface area contributed by atoms with E-state index in [1.54, 1.807) is 6.92 Å². The van der Waals surface area contributed by atoms with Crippen LogP contribution in [-0.2, 0) is 4.74 Å². The Balaban J connectivity index is 2.07. The zero-order chi connectivity index (χ0) is 20.1. The van der Waals surface area contributed by atoms with Crippen LogP contribution in [0.2, 0.25) is 0 Å². The number of aliphatic hydroxyl groups excluding tert-OH is 1. The fourth-order valence-electron chi connectivity index (χ4n) is 3.71. The summed E-state index contributed by atoms with van der Waals surface area (Å²) in [7, 11) is 0. The van der Waals surface area contributed by atoms with E-state index < -0.39 is 11.7 Å². The largest absolute Gasteiger partial charge is 0.389 e. The molecule has 3 atom stereocenters. The topological polar surface area (TPSA) is 65.0 Å². The molecule has 0 amide bonds. The number of aliphatic hydroxyl groups is 2. The molecule has 1 saturated heterocycles. The zero-order valence-electron chi connectivity index (χ0n) is 18.4. The second-order valence-electron chi connectivity index (χ2n) is 9.21. The lowest BCUT2D eigenvalue weighted by atomic mass is 9.89. The van der Waals surface area contributed by atoms with Crippen LogP contribution in [0, 0.1) is 11.8 Å². The van der Waals surface area contributed by atoms with Gasteiger partial charge in [0.2, 0.25) is 0 Å². The van der Waals surface area contributed by atoms with E-state index in [0.717, 1.165) is 64.6 Å². The van der Waals surface area contributed by atoms with Crippen LogP contribution in [0.15, 0.2) is 0 Å². The first-order valence-electron chi connectivity index (χ1n) is 11.2. The molecule has 0 aromatic rings. The first kappa shape index (κ1) is 24.8. The van der Waals surface area contributed by atoms with Crippen molar-refractivity contribution in [2.45, 2.75) is 84.3 Å². The van der Waals surface area contributed by atoms with E-state index in [1.807, 2.05) is 0 Å². The second-order valence-corrected chi connectivity index (χ2v) is 9.21. The van der Waals surface area contributed by atoms with Crippen LogP contribution < -0.4 is 5.32 Å². The molecule has 3 N–H and O–H groups in total. The summed E-state index contributed by atoms with van der Waals surface area (Å²) in [5.41, 5.74) is -1.01. The van der Waals surface area contributed by atoms with Gasteiger partial charge in [-0.05, 0) is 44.7 Å². The Labute approximate surface area is 167 Å². The number of ether oxygens (including phenoxy) is 1. The molecule has 1 rings (SSSR count). The third kappa shape index (κ3) is 12.1. The molecule has 5 heteroatoms. The number of hydrogen-bond acceptors (Lipinski definition) is 5. The van der Waals surface area contributed by atoms with Crippen LogP contribution in [0.5, 0.6) is 0 Å². The van der Waals surface area contributed by atoms with Gasteiger partial charge in [-0.2, -0.15) is 0 Å². The Kier molecular flexibility index (Phi) is 12.8. The van der Waals surface area contributed by atoms with Crippen LogP contribution in [-0.4, -0.2) is 72.8 Å². The molecule has 1 heterocycles. The lowest BCUT2D eigenvalue weighted by molar-refractivity contribution is -0.0669. The third-order valence-electron chi connectivity index (χ3n) is 5.85. The maximum Gasteiger partial charge on any atom is 0.0948 e. The van der Waals surface area contributed by atoms with E-state index in [1.165, 1.54) is 19.3 Å². The minimum Gasteiger partial charge on any atom is -0.389 e. The highest BCUT2D eigenvalue weighted by Gasteiger charge is 2.29. The van der Waals surface area contributed by atoms with Crippen molar-refractivity contribution in [2.24, 2.45) is 11.8 Å².